The Morgan fingerprint density at radius 2 is 2.46 bits per heavy atom. The normalized spacial score (nSPS) is 12.5. The fourth-order valence-electron chi connectivity index (χ4n) is 1.15. The van der Waals surface area contributed by atoms with Crippen LogP contribution in [0.25, 0.3) is 0 Å². The minimum atomic E-state index is -0.681. The van der Waals surface area contributed by atoms with E-state index in [4.69, 9.17) is 10.5 Å². The van der Waals surface area contributed by atoms with Crippen molar-refractivity contribution < 1.29 is 9.53 Å². The van der Waals surface area contributed by atoms with Crippen molar-refractivity contribution in [1.82, 2.24) is 4.57 Å². The Bertz CT molecular complexity index is 294. The Kier molecular flexibility index (Phi) is 3.08. The average molecular weight is 182 g/mol. The molecule has 1 heterocycles. The zero-order valence-electron chi connectivity index (χ0n) is 7.86. The first-order valence-corrected chi connectivity index (χ1v) is 4.20. The van der Waals surface area contributed by atoms with Crippen molar-refractivity contribution in [2.75, 3.05) is 6.61 Å². The molecule has 0 fully saturated rings. The molecule has 1 aromatic rings. The molecule has 1 unspecified atom stereocenters. The van der Waals surface area contributed by atoms with E-state index in [0.29, 0.717) is 6.61 Å². The van der Waals surface area contributed by atoms with E-state index in [1.807, 2.05) is 29.9 Å². The van der Waals surface area contributed by atoms with Gasteiger partial charge in [-0.3, -0.25) is 0 Å². The highest BCUT2D eigenvalue weighted by atomic mass is 16.5. The van der Waals surface area contributed by atoms with Crippen LogP contribution in [0.1, 0.15) is 18.7 Å². The van der Waals surface area contributed by atoms with Crippen LogP contribution in [0.5, 0.6) is 0 Å². The molecule has 1 aromatic heterocycles. The molecule has 0 aliphatic heterocycles. The second-order valence-corrected chi connectivity index (χ2v) is 2.77. The van der Waals surface area contributed by atoms with E-state index >= 15 is 0 Å². The SMILES string of the molecule is CCOC(=O)C(N)c1cccn1C. The number of ether oxygens (including phenoxy) is 1. The molecule has 0 radical (unpaired) electrons. The van der Waals surface area contributed by atoms with Crippen LogP contribution >= 0.6 is 0 Å². The Hall–Kier alpha value is -1.29. The molecule has 0 aromatic carbocycles. The zero-order valence-corrected chi connectivity index (χ0v) is 7.86. The van der Waals surface area contributed by atoms with Gasteiger partial charge < -0.3 is 15.0 Å². The molecule has 0 saturated carbocycles. The minimum Gasteiger partial charge on any atom is -0.465 e. The summed E-state index contributed by atoms with van der Waals surface area (Å²) < 4.78 is 6.61. The lowest BCUT2D eigenvalue weighted by molar-refractivity contribution is -0.145. The van der Waals surface area contributed by atoms with Crippen LogP contribution in [0, 0.1) is 0 Å². The van der Waals surface area contributed by atoms with Crippen LogP contribution in [-0.4, -0.2) is 17.1 Å². The van der Waals surface area contributed by atoms with Gasteiger partial charge in [-0.2, -0.15) is 0 Å². The molecule has 4 nitrogen and oxygen atoms in total. The quantitative estimate of drug-likeness (QED) is 0.696. The maximum Gasteiger partial charge on any atom is 0.329 e. The third-order valence-electron chi connectivity index (χ3n) is 1.84. The highest BCUT2D eigenvalue weighted by Gasteiger charge is 2.18. The number of hydrogen-bond acceptors (Lipinski definition) is 3. The Balaban J connectivity index is 2.73. The molecular weight excluding hydrogens is 168 g/mol. The van der Waals surface area contributed by atoms with Gasteiger partial charge in [0.25, 0.3) is 0 Å². The summed E-state index contributed by atoms with van der Waals surface area (Å²) in [5.74, 6) is -0.385. The predicted molar refractivity (Wildman–Crippen MR) is 49.0 cm³/mol. The van der Waals surface area contributed by atoms with Gasteiger partial charge in [0, 0.05) is 18.9 Å². The van der Waals surface area contributed by atoms with Crippen LogP contribution < -0.4 is 5.73 Å². The number of esters is 1. The van der Waals surface area contributed by atoms with Crippen LogP contribution in [0.4, 0.5) is 0 Å². The number of rotatable bonds is 3. The molecule has 0 aliphatic rings. The number of carbonyl (C=O) groups excluding carboxylic acids is 1. The monoisotopic (exact) mass is 182 g/mol. The van der Waals surface area contributed by atoms with E-state index in [1.54, 1.807) is 6.92 Å². The third-order valence-corrected chi connectivity index (χ3v) is 1.84. The number of nitrogens with two attached hydrogens (primary N) is 1. The number of aromatic nitrogens is 1. The Morgan fingerprint density at radius 3 is 2.92 bits per heavy atom. The van der Waals surface area contributed by atoms with Gasteiger partial charge in [-0.25, -0.2) is 4.79 Å². The average Bonchev–Trinajstić information content (AvgIpc) is 2.50. The molecule has 0 bridgehead atoms. The second kappa shape index (κ2) is 4.09. The summed E-state index contributed by atoms with van der Waals surface area (Å²) in [4.78, 5) is 11.2. The molecule has 72 valence electrons. The van der Waals surface area contributed by atoms with Crippen LogP contribution in [0.2, 0.25) is 0 Å². The predicted octanol–water partition coefficient (Wildman–Crippen LogP) is 0.588. The van der Waals surface area contributed by atoms with E-state index in [-0.39, 0.29) is 5.97 Å². The Labute approximate surface area is 77.3 Å². The molecular formula is C9H14N2O2. The van der Waals surface area contributed by atoms with Gasteiger partial charge in [-0.1, -0.05) is 0 Å². The molecule has 0 spiro atoms. The fraction of sp³-hybridized carbons (Fsp3) is 0.444. The first kappa shape index (κ1) is 9.80. The number of hydrogen-bond donors (Lipinski definition) is 1. The summed E-state index contributed by atoms with van der Waals surface area (Å²) in [6.45, 7) is 2.12. The molecule has 0 saturated heterocycles. The van der Waals surface area contributed by atoms with Gasteiger partial charge in [0.1, 0.15) is 6.04 Å². The van der Waals surface area contributed by atoms with Gasteiger partial charge in [-0.15, -0.1) is 0 Å². The topological polar surface area (TPSA) is 57.2 Å². The molecule has 4 heteroatoms. The highest BCUT2D eigenvalue weighted by Crippen LogP contribution is 2.11. The lowest BCUT2D eigenvalue weighted by Gasteiger charge is -2.11. The number of nitrogens with zero attached hydrogens (tertiary/aromatic N) is 1. The van der Waals surface area contributed by atoms with Crippen molar-refractivity contribution in [1.29, 1.82) is 0 Å². The van der Waals surface area contributed by atoms with E-state index in [2.05, 4.69) is 0 Å². The van der Waals surface area contributed by atoms with Gasteiger partial charge in [0.15, 0.2) is 0 Å². The summed E-state index contributed by atoms with van der Waals surface area (Å²) in [5.41, 5.74) is 6.44. The van der Waals surface area contributed by atoms with Crippen LogP contribution in [0.15, 0.2) is 18.3 Å². The lowest BCUT2D eigenvalue weighted by Crippen LogP contribution is -2.25. The van der Waals surface area contributed by atoms with E-state index in [9.17, 15) is 4.79 Å². The van der Waals surface area contributed by atoms with Crippen molar-refractivity contribution in [3.05, 3.63) is 24.0 Å². The second-order valence-electron chi connectivity index (χ2n) is 2.77. The van der Waals surface area contributed by atoms with Gasteiger partial charge in [-0.05, 0) is 19.1 Å². The smallest absolute Gasteiger partial charge is 0.329 e. The zero-order chi connectivity index (χ0) is 9.84. The van der Waals surface area contributed by atoms with E-state index in [1.165, 1.54) is 0 Å². The van der Waals surface area contributed by atoms with Crippen molar-refractivity contribution >= 4 is 5.97 Å². The minimum absolute atomic E-state index is 0.358. The van der Waals surface area contributed by atoms with E-state index < -0.39 is 6.04 Å². The number of carbonyl (C=O) groups is 1. The van der Waals surface area contributed by atoms with Gasteiger partial charge >= 0.3 is 5.97 Å². The van der Waals surface area contributed by atoms with Crippen molar-refractivity contribution in [3.63, 3.8) is 0 Å². The molecule has 0 amide bonds. The summed E-state index contributed by atoms with van der Waals surface area (Å²) >= 11 is 0. The molecule has 1 rings (SSSR count). The molecule has 0 aliphatic carbocycles. The van der Waals surface area contributed by atoms with Gasteiger partial charge in [0.2, 0.25) is 0 Å². The summed E-state index contributed by atoms with van der Waals surface area (Å²) in [6.07, 6.45) is 1.84. The largest absolute Gasteiger partial charge is 0.465 e. The standard InChI is InChI=1S/C9H14N2O2/c1-3-13-9(12)8(10)7-5-4-6-11(7)2/h4-6,8H,3,10H2,1-2H3. The van der Waals surface area contributed by atoms with Crippen molar-refractivity contribution in [2.24, 2.45) is 12.8 Å². The third kappa shape index (κ3) is 2.09. The molecule has 2 N–H and O–H groups in total. The number of aryl methyl sites for hydroxylation is 1. The lowest BCUT2D eigenvalue weighted by atomic mass is 10.2. The maximum atomic E-state index is 11.2. The van der Waals surface area contributed by atoms with E-state index in [0.717, 1.165) is 5.69 Å². The van der Waals surface area contributed by atoms with Crippen molar-refractivity contribution in [3.8, 4) is 0 Å². The van der Waals surface area contributed by atoms with Crippen molar-refractivity contribution in [2.45, 2.75) is 13.0 Å². The maximum absolute atomic E-state index is 11.2. The summed E-state index contributed by atoms with van der Waals surface area (Å²) in [7, 11) is 1.84. The Morgan fingerprint density at radius 1 is 1.77 bits per heavy atom. The van der Waals surface area contributed by atoms with Gasteiger partial charge in [0.05, 0.1) is 6.61 Å². The molecule has 13 heavy (non-hydrogen) atoms. The first-order chi connectivity index (χ1) is 6.16. The summed E-state index contributed by atoms with van der Waals surface area (Å²) in [6, 6.07) is 2.97. The fourth-order valence-corrected chi connectivity index (χ4v) is 1.15. The summed E-state index contributed by atoms with van der Waals surface area (Å²) in [5, 5.41) is 0. The van der Waals surface area contributed by atoms with Crippen LogP contribution in [0.3, 0.4) is 0 Å². The molecule has 1 atom stereocenters. The van der Waals surface area contributed by atoms with Crippen LogP contribution in [-0.2, 0) is 16.6 Å². The first-order valence-electron chi connectivity index (χ1n) is 4.20. The highest BCUT2D eigenvalue weighted by molar-refractivity contribution is 5.76.